The summed E-state index contributed by atoms with van der Waals surface area (Å²) in [4.78, 5) is 17.2. The zero-order valence-electron chi connectivity index (χ0n) is 20.9. The first kappa shape index (κ1) is 24.9. The lowest BCUT2D eigenvalue weighted by molar-refractivity contribution is -0.697. The van der Waals surface area contributed by atoms with Gasteiger partial charge in [-0.15, -0.1) is 0 Å². The van der Waals surface area contributed by atoms with Crippen molar-refractivity contribution >= 4 is 5.97 Å². The highest BCUT2D eigenvalue weighted by atomic mass is 16.5. The molecule has 0 saturated heterocycles. The van der Waals surface area contributed by atoms with Gasteiger partial charge in [0, 0.05) is 30.9 Å². The third-order valence-electron chi connectivity index (χ3n) is 8.05. The first-order valence-electron chi connectivity index (χ1n) is 13.9. The molecule has 34 heavy (non-hydrogen) atoms. The number of aryl methyl sites for hydroxylation is 1. The highest BCUT2D eigenvalue weighted by Gasteiger charge is 2.37. The Morgan fingerprint density at radius 1 is 0.794 bits per heavy atom. The number of carbonyl (C=O) groups excluding carboxylic acids is 1. The van der Waals surface area contributed by atoms with Gasteiger partial charge in [0.1, 0.15) is 6.54 Å². The van der Waals surface area contributed by atoms with Crippen molar-refractivity contribution in [1.82, 2.24) is 4.98 Å². The van der Waals surface area contributed by atoms with Crippen LogP contribution < -0.4 is 4.57 Å². The maximum Gasteiger partial charge on any atom is 0.309 e. The van der Waals surface area contributed by atoms with Crippen LogP contribution in [0.1, 0.15) is 89.9 Å². The van der Waals surface area contributed by atoms with Crippen LogP contribution in [0.2, 0.25) is 0 Å². The van der Waals surface area contributed by atoms with Crippen molar-refractivity contribution in [3.05, 3.63) is 49.1 Å². The molecule has 4 rings (SSSR count). The average molecular weight is 464 g/mol. The summed E-state index contributed by atoms with van der Waals surface area (Å²) in [6.45, 7) is 1.63. The van der Waals surface area contributed by atoms with E-state index in [0.29, 0.717) is 18.4 Å². The fourth-order valence-electron chi connectivity index (χ4n) is 6.12. The smallest absolute Gasteiger partial charge is 0.309 e. The monoisotopic (exact) mass is 463 g/mol. The van der Waals surface area contributed by atoms with E-state index in [9.17, 15) is 4.79 Å². The topological polar surface area (TPSA) is 43.1 Å². The van der Waals surface area contributed by atoms with Crippen LogP contribution in [0, 0.1) is 17.8 Å². The number of carbonyl (C=O) groups is 1. The summed E-state index contributed by atoms with van der Waals surface area (Å²) in [5.74, 6) is 1.45. The van der Waals surface area contributed by atoms with Gasteiger partial charge in [-0.3, -0.25) is 9.78 Å². The Labute approximate surface area is 206 Å². The largest absolute Gasteiger partial charge is 0.465 e. The van der Waals surface area contributed by atoms with E-state index in [4.69, 9.17) is 4.74 Å². The van der Waals surface area contributed by atoms with Crippen molar-refractivity contribution in [2.75, 3.05) is 6.61 Å². The molecule has 4 heteroatoms. The molecule has 2 heterocycles. The van der Waals surface area contributed by atoms with Crippen LogP contribution >= 0.6 is 0 Å². The Kier molecular flexibility index (Phi) is 9.96. The normalized spacial score (nSPS) is 17.7. The predicted molar refractivity (Wildman–Crippen MR) is 136 cm³/mol. The number of hydrogen-bond acceptors (Lipinski definition) is 3. The van der Waals surface area contributed by atoms with Crippen molar-refractivity contribution in [2.45, 2.75) is 96.4 Å². The molecule has 0 unspecified atom stereocenters. The number of rotatable bonds is 11. The number of pyridine rings is 2. The number of nitrogens with zero attached hydrogens (tertiary/aromatic N) is 2. The first-order chi connectivity index (χ1) is 16.8. The molecule has 0 radical (unpaired) electrons. The summed E-state index contributed by atoms with van der Waals surface area (Å²) in [6.07, 6.45) is 25.2. The van der Waals surface area contributed by atoms with Crippen molar-refractivity contribution in [3.8, 4) is 11.1 Å². The highest BCUT2D eigenvalue weighted by Crippen LogP contribution is 2.40. The Morgan fingerprint density at radius 3 is 1.97 bits per heavy atom. The predicted octanol–water partition coefficient (Wildman–Crippen LogP) is 6.92. The number of unbranched alkanes of at least 4 members (excludes halogenated alkanes) is 3. The van der Waals surface area contributed by atoms with E-state index >= 15 is 0 Å². The van der Waals surface area contributed by atoms with Gasteiger partial charge in [0.2, 0.25) is 0 Å². The summed E-state index contributed by atoms with van der Waals surface area (Å²) < 4.78 is 8.14. The third-order valence-corrected chi connectivity index (χ3v) is 8.05. The summed E-state index contributed by atoms with van der Waals surface area (Å²) in [5.41, 5.74) is 2.42. The van der Waals surface area contributed by atoms with Crippen molar-refractivity contribution in [2.24, 2.45) is 17.8 Å². The molecule has 4 nitrogen and oxygen atoms in total. The van der Waals surface area contributed by atoms with E-state index in [1.165, 1.54) is 81.8 Å². The van der Waals surface area contributed by atoms with Crippen molar-refractivity contribution in [1.29, 1.82) is 0 Å². The van der Waals surface area contributed by atoms with E-state index in [-0.39, 0.29) is 11.9 Å². The summed E-state index contributed by atoms with van der Waals surface area (Å²) in [5, 5.41) is 0. The maximum absolute atomic E-state index is 13.1. The van der Waals surface area contributed by atoms with Crippen LogP contribution in [-0.2, 0) is 16.1 Å². The minimum absolute atomic E-state index is 0.128. The standard InChI is InChI=1S/C30H43N2O2/c33-30(29(27-11-5-3-6-12-27)28-13-7-4-8-14-28)34-24-10-2-1-9-21-32-22-17-26(18-23-32)25-15-19-31-20-16-25/h15-20,22-23,27-29H,1-14,21,24H2/q+1. The van der Waals surface area contributed by atoms with E-state index in [1.807, 2.05) is 24.5 Å². The molecule has 184 valence electrons. The van der Waals surface area contributed by atoms with Gasteiger partial charge in [-0.2, -0.15) is 0 Å². The van der Waals surface area contributed by atoms with Crippen LogP contribution in [0.5, 0.6) is 0 Å². The van der Waals surface area contributed by atoms with Gasteiger partial charge in [0.25, 0.3) is 0 Å². The van der Waals surface area contributed by atoms with Gasteiger partial charge in [-0.25, -0.2) is 4.57 Å². The second kappa shape index (κ2) is 13.6. The molecular weight excluding hydrogens is 420 g/mol. The van der Waals surface area contributed by atoms with Gasteiger partial charge in [-0.1, -0.05) is 38.5 Å². The molecule has 0 aliphatic heterocycles. The molecule has 2 saturated carbocycles. The molecule has 0 atom stereocenters. The first-order valence-corrected chi connectivity index (χ1v) is 13.9. The Hall–Kier alpha value is -2.23. The van der Waals surface area contributed by atoms with Gasteiger partial charge < -0.3 is 4.74 Å². The van der Waals surface area contributed by atoms with Gasteiger partial charge in [0.15, 0.2) is 12.4 Å². The van der Waals surface area contributed by atoms with Gasteiger partial charge in [0.05, 0.1) is 12.5 Å². The van der Waals surface area contributed by atoms with Crippen LogP contribution in [0.4, 0.5) is 0 Å². The Balaban J connectivity index is 1.13. The Morgan fingerprint density at radius 2 is 1.35 bits per heavy atom. The number of aromatic nitrogens is 2. The lowest BCUT2D eigenvalue weighted by Gasteiger charge is -2.36. The van der Waals surface area contributed by atoms with Crippen LogP contribution in [0.15, 0.2) is 49.1 Å². The molecule has 2 aliphatic rings. The van der Waals surface area contributed by atoms with E-state index in [2.05, 4.69) is 34.1 Å². The molecule has 0 aromatic carbocycles. The molecule has 0 amide bonds. The summed E-state index contributed by atoms with van der Waals surface area (Å²) >= 11 is 0. The van der Waals surface area contributed by atoms with Crippen LogP contribution in [0.25, 0.3) is 11.1 Å². The van der Waals surface area contributed by atoms with E-state index in [0.717, 1.165) is 25.8 Å². The zero-order chi connectivity index (χ0) is 23.4. The quantitative estimate of drug-likeness (QED) is 0.206. The molecule has 0 N–H and O–H groups in total. The van der Waals surface area contributed by atoms with Crippen LogP contribution in [0.3, 0.4) is 0 Å². The lowest BCUT2D eigenvalue weighted by Crippen LogP contribution is -2.35. The van der Waals surface area contributed by atoms with Crippen molar-refractivity contribution < 1.29 is 14.1 Å². The molecule has 2 aromatic heterocycles. The maximum atomic E-state index is 13.1. The average Bonchev–Trinajstić information content (AvgIpc) is 2.90. The second-order valence-electron chi connectivity index (χ2n) is 10.5. The van der Waals surface area contributed by atoms with E-state index < -0.39 is 0 Å². The summed E-state index contributed by atoms with van der Waals surface area (Å²) in [6, 6.07) is 8.42. The number of hydrogen-bond donors (Lipinski definition) is 0. The van der Waals surface area contributed by atoms with Crippen LogP contribution in [-0.4, -0.2) is 17.6 Å². The molecule has 2 aromatic rings. The third kappa shape index (κ3) is 7.38. The molecule has 2 fully saturated rings. The highest BCUT2D eigenvalue weighted by molar-refractivity contribution is 5.73. The number of esters is 1. The minimum Gasteiger partial charge on any atom is -0.465 e. The minimum atomic E-state index is 0.128. The summed E-state index contributed by atoms with van der Waals surface area (Å²) in [7, 11) is 0. The zero-order valence-corrected chi connectivity index (χ0v) is 20.9. The fraction of sp³-hybridized carbons (Fsp3) is 0.633. The Bertz CT molecular complexity index is 822. The van der Waals surface area contributed by atoms with Crippen molar-refractivity contribution in [3.63, 3.8) is 0 Å². The lowest BCUT2D eigenvalue weighted by atomic mass is 9.69. The molecule has 0 bridgehead atoms. The molecule has 0 spiro atoms. The van der Waals surface area contributed by atoms with Gasteiger partial charge >= 0.3 is 5.97 Å². The van der Waals surface area contributed by atoms with E-state index in [1.54, 1.807) is 0 Å². The van der Waals surface area contributed by atoms with Gasteiger partial charge in [-0.05, 0) is 80.0 Å². The fourth-order valence-corrected chi connectivity index (χ4v) is 6.12. The molecular formula is C30H43N2O2+. The number of ether oxygens (including phenoxy) is 1. The molecule has 2 aliphatic carbocycles. The second-order valence-corrected chi connectivity index (χ2v) is 10.5. The SMILES string of the molecule is O=C(OCCCCCC[n+]1ccc(-c2ccncc2)cc1)C(C1CCCCC1)C1CCCCC1.